The van der Waals surface area contributed by atoms with Crippen LogP contribution in [-0.2, 0) is 0 Å². The van der Waals surface area contributed by atoms with Gasteiger partial charge in [-0.3, -0.25) is 4.79 Å². The molecule has 29 heavy (non-hydrogen) atoms. The van der Waals surface area contributed by atoms with Gasteiger partial charge in [-0.1, -0.05) is 17.8 Å². The predicted octanol–water partition coefficient (Wildman–Crippen LogP) is 2.97. The molecular weight excluding hydrogens is 395 g/mol. The molecular formula is C18H17FN8OS. The Kier molecular flexibility index (Phi) is 6.29. The molecule has 2 heterocycles. The minimum atomic E-state index is -0.556. The van der Waals surface area contributed by atoms with Gasteiger partial charge in [0.2, 0.25) is 0 Å². The van der Waals surface area contributed by atoms with E-state index in [0.29, 0.717) is 17.3 Å². The fourth-order valence-electron chi connectivity index (χ4n) is 2.17. The lowest BCUT2D eigenvalue weighted by Gasteiger charge is -2.07. The van der Waals surface area contributed by atoms with Crippen LogP contribution in [-0.4, -0.2) is 35.8 Å². The minimum absolute atomic E-state index is 0.0142. The van der Waals surface area contributed by atoms with Crippen molar-refractivity contribution < 1.29 is 9.18 Å². The third-order valence-corrected chi connectivity index (χ3v) is 4.21. The van der Waals surface area contributed by atoms with E-state index in [1.807, 2.05) is 6.92 Å². The second-order valence-corrected chi connectivity index (χ2v) is 6.58. The molecule has 0 aliphatic rings. The van der Waals surface area contributed by atoms with Crippen molar-refractivity contribution in [2.24, 2.45) is 10.7 Å². The van der Waals surface area contributed by atoms with Crippen LogP contribution in [0.3, 0.4) is 0 Å². The Morgan fingerprint density at radius 1 is 1.31 bits per heavy atom. The summed E-state index contributed by atoms with van der Waals surface area (Å²) in [5.74, 6) is -0.0428. The molecule has 1 amide bonds. The number of benzene rings is 1. The third kappa shape index (κ3) is 5.23. The number of thioether (sulfide) groups is 1. The molecule has 3 rings (SSSR count). The monoisotopic (exact) mass is 412 g/mol. The molecule has 0 atom stereocenters. The minimum Gasteiger partial charge on any atom is -0.378 e. The van der Waals surface area contributed by atoms with Crippen molar-refractivity contribution >= 4 is 34.2 Å². The van der Waals surface area contributed by atoms with Crippen LogP contribution in [0.25, 0.3) is 5.82 Å². The number of nitrogens with one attached hydrogen (secondary N) is 1. The fraction of sp³-hybridized carbons (Fsp3) is 0.111. The summed E-state index contributed by atoms with van der Waals surface area (Å²) in [5, 5.41) is 8.66. The number of aryl methyl sites for hydroxylation is 1. The number of amides is 1. The largest absolute Gasteiger partial charge is 0.378 e. The van der Waals surface area contributed by atoms with Gasteiger partial charge in [0.1, 0.15) is 29.4 Å². The van der Waals surface area contributed by atoms with Gasteiger partial charge in [0.15, 0.2) is 11.0 Å². The molecule has 1 aromatic carbocycles. The van der Waals surface area contributed by atoms with Gasteiger partial charge in [0.05, 0.1) is 12.4 Å². The number of rotatable bonds is 5. The van der Waals surface area contributed by atoms with Crippen LogP contribution in [0.5, 0.6) is 0 Å². The molecule has 0 aliphatic carbocycles. The van der Waals surface area contributed by atoms with Gasteiger partial charge in [-0.25, -0.2) is 29.0 Å². The van der Waals surface area contributed by atoms with Crippen molar-refractivity contribution in [1.82, 2.24) is 24.7 Å². The molecule has 148 valence electrons. The predicted molar refractivity (Wildman–Crippen MR) is 110 cm³/mol. The Hall–Kier alpha value is -3.60. The quantitative estimate of drug-likeness (QED) is 0.488. The molecule has 3 N–H and O–H groups in total. The summed E-state index contributed by atoms with van der Waals surface area (Å²) in [6, 6.07) is 4.00. The number of hydrogen-bond acceptors (Lipinski definition) is 7. The lowest BCUT2D eigenvalue weighted by atomic mass is 10.2. The zero-order chi connectivity index (χ0) is 20.8. The number of nitrogens with two attached hydrogens (primary N) is 1. The standard InChI is InChI=1S/C18H17FN8OS/c1-3-6-29-18(20)25-14-7-12(4-5-13(14)19)24-17(28)15-8-22-16(9-21-15)27-10-23-11(2)26-27/h3-10H,1-2H3,(H2,20,25)(H,24,28)/b6-3-. The number of hydrogen-bond donors (Lipinski definition) is 2. The van der Waals surface area contributed by atoms with E-state index < -0.39 is 11.7 Å². The van der Waals surface area contributed by atoms with Gasteiger partial charge in [-0.05, 0) is 37.5 Å². The molecule has 0 bridgehead atoms. The zero-order valence-corrected chi connectivity index (χ0v) is 16.4. The summed E-state index contributed by atoms with van der Waals surface area (Å²) in [4.78, 5) is 28.7. The number of aromatic nitrogens is 5. The van der Waals surface area contributed by atoms with Gasteiger partial charge >= 0.3 is 0 Å². The lowest BCUT2D eigenvalue weighted by molar-refractivity contribution is 0.102. The first-order valence-electron chi connectivity index (χ1n) is 8.40. The van der Waals surface area contributed by atoms with E-state index in [9.17, 15) is 9.18 Å². The van der Waals surface area contributed by atoms with Gasteiger partial charge in [-0.15, -0.1) is 0 Å². The lowest BCUT2D eigenvalue weighted by Crippen LogP contribution is -2.15. The summed E-state index contributed by atoms with van der Waals surface area (Å²) in [6.45, 7) is 3.58. The van der Waals surface area contributed by atoms with Gasteiger partial charge in [-0.2, -0.15) is 5.10 Å². The van der Waals surface area contributed by atoms with Crippen LogP contribution in [0.2, 0.25) is 0 Å². The third-order valence-electron chi connectivity index (χ3n) is 3.47. The van der Waals surface area contributed by atoms with E-state index in [0.717, 1.165) is 11.8 Å². The zero-order valence-electron chi connectivity index (χ0n) is 15.6. The highest BCUT2D eigenvalue weighted by molar-refractivity contribution is 8.16. The number of allylic oxidation sites excluding steroid dienone is 1. The molecule has 0 saturated heterocycles. The number of carbonyl (C=O) groups excluding carboxylic acids is 1. The second-order valence-electron chi connectivity index (χ2n) is 5.65. The maximum Gasteiger partial charge on any atom is 0.275 e. The van der Waals surface area contributed by atoms with Crippen molar-refractivity contribution in [2.75, 3.05) is 5.32 Å². The van der Waals surface area contributed by atoms with Crippen molar-refractivity contribution in [2.45, 2.75) is 13.8 Å². The van der Waals surface area contributed by atoms with Crippen LogP contribution in [0, 0.1) is 12.7 Å². The Bertz CT molecular complexity index is 1080. The first kappa shape index (κ1) is 20.1. The number of anilines is 1. The second kappa shape index (κ2) is 9.06. The summed E-state index contributed by atoms with van der Waals surface area (Å²) in [7, 11) is 0. The normalized spacial score (nSPS) is 11.8. The molecule has 11 heteroatoms. The van der Waals surface area contributed by atoms with E-state index in [1.165, 1.54) is 41.6 Å². The first-order valence-corrected chi connectivity index (χ1v) is 9.28. The fourth-order valence-corrected chi connectivity index (χ4v) is 2.59. The Morgan fingerprint density at radius 2 is 2.14 bits per heavy atom. The van der Waals surface area contributed by atoms with Crippen LogP contribution in [0.1, 0.15) is 23.2 Å². The van der Waals surface area contributed by atoms with Crippen molar-refractivity contribution in [3.05, 3.63) is 65.7 Å². The maximum absolute atomic E-state index is 14.0. The summed E-state index contributed by atoms with van der Waals surface area (Å²) in [6.07, 6.45) is 6.01. The van der Waals surface area contributed by atoms with Crippen LogP contribution < -0.4 is 11.1 Å². The number of nitrogens with zero attached hydrogens (tertiary/aromatic N) is 6. The number of carbonyl (C=O) groups is 1. The van der Waals surface area contributed by atoms with Crippen molar-refractivity contribution in [3.8, 4) is 5.82 Å². The Morgan fingerprint density at radius 3 is 2.79 bits per heavy atom. The van der Waals surface area contributed by atoms with Crippen LogP contribution in [0.4, 0.5) is 15.8 Å². The smallest absolute Gasteiger partial charge is 0.275 e. The van der Waals surface area contributed by atoms with E-state index >= 15 is 0 Å². The number of aliphatic imine (C=N–C) groups is 1. The van der Waals surface area contributed by atoms with Crippen molar-refractivity contribution in [1.29, 1.82) is 0 Å². The highest BCUT2D eigenvalue weighted by Gasteiger charge is 2.11. The SMILES string of the molecule is C/C=C\S/C(N)=N\c1cc(NC(=O)c2cnc(-n3cnc(C)n3)cn2)ccc1F. The molecule has 9 nitrogen and oxygen atoms in total. The van der Waals surface area contributed by atoms with E-state index in [-0.39, 0.29) is 16.5 Å². The molecule has 0 spiro atoms. The topological polar surface area (TPSA) is 124 Å². The first-order chi connectivity index (χ1) is 14.0. The Labute approximate surface area is 170 Å². The molecule has 3 aromatic rings. The Balaban J connectivity index is 1.74. The highest BCUT2D eigenvalue weighted by Crippen LogP contribution is 2.24. The molecule has 0 aliphatic heterocycles. The summed E-state index contributed by atoms with van der Waals surface area (Å²) >= 11 is 1.16. The van der Waals surface area contributed by atoms with Crippen LogP contribution >= 0.6 is 11.8 Å². The van der Waals surface area contributed by atoms with Crippen LogP contribution in [0.15, 0.2) is 53.4 Å². The summed E-state index contributed by atoms with van der Waals surface area (Å²) in [5.41, 5.74) is 6.19. The molecule has 0 unspecified atom stereocenters. The maximum atomic E-state index is 14.0. The van der Waals surface area contributed by atoms with Gasteiger partial charge < -0.3 is 11.1 Å². The van der Waals surface area contributed by atoms with Crippen molar-refractivity contribution in [3.63, 3.8) is 0 Å². The molecule has 0 fully saturated rings. The molecule has 0 radical (unpaired) electrons. The average molecular weight is 412 g/mol. The molecule has 2 aromatic heterocycles. The average Bonchev–Trinajstić information content (AvgIpc) is 3.15. The molecule has 0 saturated carbocycles. The van der Waals surface area contributed by atoms with Gasteiger partial charge in [0, 0.05) is 5.69 Å². The van der Waals surface area contributed by atoms with E-state index in [4.69, 9.17) is 5.73 Å². The summed E-state index contributed by atoms with van der Waals surface area (Å²) < 4.78 is 15.4. The number of halogens is 1. The van der Waals surface area contributed by atoms with E-state index in [2.05, 4.69) is 30.4 Å². The van der Waals surface area contributed by atoms with E-state index in [1.54, 1.807) is 18.4 Å². The van der Waals surface area contributed by atoms with Gasteiger partial charge in [0.25, 0.3) is 5.91 Å². The highest BCUT2D eigenvalue weighted by atomic mass is 32.2. The number of amidine groups is 1.